The summed E-state index contributed by atoms with van der Waals surface area (Å²) in [6.45, 7) is -1.14. The zero-order chi connectivity index (χ0) is 4.99. The van der Waals surface area contributed by atoms with Crippen LogP contribution in [0.5, 0.6) is 0 Å². The van der Waals surface area contributed by atoms with Crippen molar-refractivity contribution < 1.29 is 13.5 Å². The smallest absolute Gasteiger partial charge is 0.299 e. The number of rotatable bonds is 2. The van der Waals surface area contributed by atoms with Gasteiger partial charge in [-0.2, -0.15) is 0 Å². The molecule has 0 aromatic heterocycles. The SMILES string of the molecule is CO[C](F)CF. The van der Waals surface area contributed by atoms with Crippen LogP contribution in [-0.4, -0.2) is 13.8 Å². The molecule has 0 spiro atoms. The fourth-order valence-corrected chi connectivity index (χ4v) is 0.0546. The van der Waals surface area contributed by atoms with Crippen molar-refractivity contribution >= 4 is 0 Å². The highest BCUT2D eigenvalue weighted by molar-refractivity contribution is 4.55. The normalized spacial score (nSPS) is 10.0. The molecule has 0 fully saturated rings. The predicted octanol–water partition coefficient (Wildman–Crippen LogP) is 1.06. The Balaban J connectivity index is 2.75. The molecule has 0 aromatic carbocycles. The third-order valence-electron chi connectivity index (χ3n) is 0.327. The van der Waals surface area contributed by atoms with E-state index in [9.17, 15) is 8.78 Å². The summed E-state index contributed by atoms with van der Waals surface area (Å²) in [4.78, 5) is 0. The molecule has 1 nitrogen and oxygen atoms in total. The maximum absolute atomic E-state index is 11.2. The summed E-state index contributed by atoms with van der Waals surface area (Å²) in [5, 5.41) is 0. The van der Waals surface area contributed by atoms with E-state index in [1.54, 1.807) is 0 Å². The van der Waals surface area contributed by atoms with Crippen LogP contribution in [0.1, 0.15) is 0 Å². The highest BCUT2D eigenvalue weighted by Crippen LogP contribution is 1.99. The van der Waals surface area contributed by atoms with Crippen molar-refractivity contribution in [2.24, 2.45) is 0 Å². The minimum Gasteiger partial charge on any atom is -0.343 e. The van der Waals surface area contributed by atoms with E-state index < -0.39 is 13.0 Å². The predicted molar refractivity (Wildman–Crippen MR) is 17.3 cm³/mol. The van der Waals surface area contributed by atoms with E-state index in [1.807, 2.05) is 0 Å². The Labute approximate surface area is 34.9 Å². The summed E-state index contributed by atoms with van der Waals surface area (Å²) in [5.41, 5.74) is 0. The van der Waals surface area contributed by atoms with Gasteiger partial charge in [-0.3, -0.25) is 0 Å². The first-order valence-electron chi connectivity index (χ1n) is 1.42. The van der Waals surface area contributed by atoms with Gasteiger partial charge in [0.25, 0.3) is 6.36 Å². The molecule has 1 radical (unpaired) electrons. The van der Waals surface area contributed by atoms with E-state index in [1.165, 1.54) is 0 Å². The van der Waals surface area contributed by atoms with Crippen molar-refractivity contribution in [3.8, 4) is 0 Å². The second kappa shape index (κ2) is 3.03. The molecule has 0 amide bonds. The van der Waals surface area contributed by atoms with Gasteiger partial charge in [0.15, 0.2) is 6.67 Å². The summed E-state index contributed by atoms with van der Waals surface area (Å²) in [6.07, 6.45) is -1.07. The van der Waals surface area contributed by atoms with Gasteiger partial charge < -0.3 is 4.74 Å². The second-order valence-electron chi connectivity index (χ2n) is 0.693. The van der Waals surface area contributed by atoms with Crippen molar-refractivity contribution in [1.29, 1.82) is 0 Å². The van der Waals surface area contributed by atoms with E-state index in [0.29, 0.717) is 0 Å². The average molecular weight is 95.1 g/mol. The molecular weight excluding hydrogens is 90.0 g/mol. The van der Waals surface area contributed by atoms with E-state index in [2.05, 4.69) is 4.74 Å². The Bertz CT molecular complexity index is 28.0. The van der Waals surface area contributed by atoms with Crippen molar-refractivity contribution in [2.45, 2.75) is 0 Å². The molecule has 0 unspecified atom stereocenters. The van der Waals surface area contributed by atoms with Crippen molar-refractivity contribution in [1.82, 2.24) is 0 Å². The van der Waals surface area contributed by atoms with Crippen LogP contribution in [0.15, 0.2) is 0 Å². The molecule has 3 heteroatoms. The minimum absolute atomic E-state index is 1.07. The van der Waals surface area contributed by atoms with Gasteiger partial charge in [-0.15, -0.1) is 0 Å². The van der Waals surface area contributed by atoms with Crippen LogP contribution in [-0.2, 0) is 4.74 Å². The Morgan fingerprint density at radius 1 is 1.83 bits per heavy atom. The number of methoxy groups -OCH3 is 1. The molecule has 0 N–H and O–H groups in total. The molecule has 0 aliphatic heterocycles. The minimum atomic E-state index is -1.14. The summed E-state index contributed by atoms with van der Waals surface area (Å²) < 4.78 is 25.8. The van der Waals surface area contributed by atoms with Crippen LogP contribution in [0.25, 0.3) is 0 Å². The number of hydrogen-bond acceptors (Lipinski definition) is 1. The second-order valence-corrected chi connectivity index (χ2v) is 0.693. The molecule has 0 saturated carbocycles. The summed E-state index contributed by atoms with van der Waals surface area (Å²) >= 11 is 0. The Morgan fingerprint density at radius 3 is 2.33 bits per heavy atom. The molecule has 0 atom stereocenters. The third-order valence-corrected chi connectivity index (χ3v) is 0.327. The first-order chi connectivity index (χ1) is 2.81. The van der Waals surface area contributed by atoms with E-state index in [4.69, 9.17) is 0 Å². The first-order valence-corrected chi connectivity index (χ1v) is 1.42. The fraction of sp³-hybridized carbons (Fsp3) is 0.667. The third kappa shape index (κ3) is 2.08. The molecule has 6 heavy (non-hydrogen) atoms. The zero-order valence-corrected chi connectivity index (χ0v) is 3.37. The largest absolute Gasteiger partial charge is 0.343 e. The molecule has 0 bridgehead atoms. The van der Waals surface area contributed by atoms with Gasteiger partial charge >= 0.3 is 0 Å². The lowest BCUT2D eigenvalue weighted by molar-refractivity contribution is 0.0839. The quantitative estimate of drug-likeness (QED) is 0.498. The van der Waals surface area contributed by atoms with Crippen LogP contribution in [0.3, 0.4) is 0 Å². The molecule has 0 aliphatic carbocycles. The monoisotopic (exact) mass is 95.0 g/mol. The number of halogens is 2. The molecule has 37 valence electrons. The Kier molecular flexibility index (Phi) is 2.94. The lowest BCUT2D eigenvalue weighted by Crippen LogP contribution is -1.92. The lowest BCUT2D eigenvalue weighted by atomic mass is 10.8. The lowest BCUT2D eigenvalue weighted by Gasteiger charge is -1.91. The van der Waals surface area contributed by atoms with Crippen LogP contribution in [0, 0.1) is 6.36 Å². The molecule has 0 saturated heterocycles. The summed E-state index contributed by atoms with van der Waals surface area (Å²) in [5.74, 6) is 0. The maximum Gasteiger partial charge on any atom is 0.299 e. The number of ether oxygens (including phenoxy) is 1. The number of hydrogen-bond donors (Lipinski definition) is 0. The van der Waals surface area contributed by atoms with Crippen molar-refractivity contribution in [3.05, 3.63) is 6.36 Å². The highest BCUT2D eigenvalue weighted by atomic mass is 19.2. The zero-order valence-electron chi connectivity index (χ0n) is 3.37. The maximum atomic E-state index is 11.2. The van der Waals surface area contributed by atoms with Gasteiger partial charge in [0.1, 0.15) is 0 Å². The van der Waals surface area contributed by atoms with Gasteiger partial charge in [-0.25, -0.2) is 8.78 Å². The van der Waals surface area contributed by atoms with Crippen LogP contribution in [0.4, 0.5) is 8.78 Å². The van der Waals surface area contributed by atoms with Gasteiger partial charge in [-0.05, 0) is 0 Å². The molecule has 0 rings (SSSR count). The van der Waals surface area contributed by atoms with E-state index in [0.717, 1.165) is 7.11 Å². The van der Waals surface area contributed by atoms with E-state index in [-0.39, 0.29) is 0 Å². The topological polar surface area (TPSA) is 9.23 Å². The fourth-order valence-electron chi connectivity index (χ4n) is 0.0546. The summed E-state index contributed by atoms with van der Waals surface area (Å²) in [7, 11) is 1.08. The number of alkyl halides is 1. The Morgan fingerprint density at radius 2 is 2.33 bits per heavy atom. The summed E-state index contributed by atoms with van der Waals surface area (Å²) in [6, 6.07) is 0. The van der Waals surface area contributed by atoms with Crippen molar-refractivity contribution in [2.75, 3.05) is 13.8 Å². The van der Waals surface area contributed by atoms with Crippen LogP contribution in [0.2, 0.25) is 0 Å². The van der Waals surface area contributed by atoms with Gasteiger partial charge in [0.05, 0.1) is 0 Å². The van der Waals surface area contributed by atoms with Crippen LogP contribution >= 0.6 is 0 Å². The van der Waals surface area contributed by atoms with Gasteiger partial charge in [0, 0.05) is 7.11 Å². The average Bonchev–Trinajstić information content (AvgIpc) is 1.65. The van der Waals surface area contributed by atoms with E-state index >= 15 is 0 Å². The molecular formula is C3H5F2O. The Hall–Kier alpha value is -0.180. The first kappa shape index (κ1) is 5.82. The van der Waals surface area contributed by atoms with Crippen molar-refractivity contribution in [3.63, 3.8) is 0 Å². The van der Waals surface area contributed by atoms with Crippen LogP contribution < -0.4 is 0 Å². The van der Waals surface area contributed by atoms with Gasteiger partial charge in [-0.1, -0.05) is 0 Å². The highest BCUT2D eigenvalue weighted by Gasteiger charge is 2.01. The van der Waals surface area contributed by atoms with Gasteiger partial charge in [0.2, 0.25) is 0 Å². The molecule has 0 heterocycles. The molecule has 0 aliphatic rings. The molecule has 0 aromatic rings. The standard InChI is InChI=1S/C3H5F2O/c1-6-3(5)2-4/h2H2,1H3.